The maximum Gasteiger partial charge on any atom is 0.187 e. The van der Waals surface area contributed by atoms with Crippen LogP contribution in [0.1, 0.15) is 20.8 Å². The average molecular weight is 236 g/mol. The van der Waals surface area contributed by atoms with Crippen molar-refractivity contribution in [3.63, 3.8) is 0 Å². The smallest absolute Gasteiger partial charge is 0.187 e. The summed E-state index contributed by atoms with van der Waals surface area (Å²) in [4.78, 5) is 0. The molecule has 1 fully saturated rings. The van der Waals surface area contributed by atoms with Crippen LogP contribution in [-0.4, -0.2) is 63.3 Å². The van der Waals surface area contributed by atoms with Crippen LogP contribution in [0.2, 0.25) is 0 Å². The van der Waals surface area contributed by atoms with Crippen molar-refractivity contribution in [3.05, 3.63) is 0 Å². The van der Waals surface area contributed by atoms with Gasteiger partial charge in [0.05, 0.1) is 12.2 Å². The first-order valence-corrected chi connectivity index (χ1v) is 5.24. The van der Waals surface area contributed by atoms with Gasteiger partial charge in [-0.25, -0.2) is 0 Å². The lowest BCUT2D eigenvalue weighted by Crippen LogP contribution is -2.60. The first-order chi connectivity index (χ1) is 7.26. The summed E-state index contributed by atoms with van der Waals surface area (Å²) >= 11 is 0. The van der Waals surface area contributed by atoms with Crippen LogP contribution in [0.25, 0.3) is 0 Å². The Hall–Kier alpha value is -0.240. The molecule has 0 bridgehead atoms. The molecule has 0 saturated carbocycles. The summed E-state index contributed by atoms with van der Waals surface area (Å²) in [5.74, 6) is 0. The van der Waals surface area contributed by atoms with Gasteiger partial charge < -0.3 is 29.9 Å². The number of aliphatic hydroxyl groups excluding tert-OH is 4. The van der Waals surface area contributed by atoms with Crippen LogP contribution >= 0.6 is 0 Å². The van der Waals surface area contributed by atoms with E-state index < -0.39 is 42.9 Å². The Balaban J connectivity index is 2.71. The molecule has 1 rings (SSSR count). The molecule has 0 aromatic heterocycles. The summed E-state index contributed by atoms with van der Waals surface area (Å²) in [6.45, 7) is 4.87. The normalized spacial score (nSPS) is 41.1. The van der Waals surface area contributed by atoms with E-state index in [1.54, 1.807) is 20.8 Å². The van der Waals surface area contributed by atoms with Gasteiger partial charge >= 0.3 is 0 Å². The summed E-state index contributed by atoms with van der Waals surface area (Å²) in [6, 6.07) is 0. The van der Waals surface area contributed by atoms with Crippen LogP contribution in [0.3, 0.4) is 0 Å². The van der Waals surface area contributed by atoms with E-state index in [2.05, 4.69) is 0 Å². The summed E-state index contributed by atoms with van der Waals surface area (Å²) in [7, 11) is 0. The highest BCUT2D eigenvalue weighted by molar-refractivity contribution is 4.89. The fourth-order valence-electron chi connectivity index (χ4n) is 1.51. The van der Waals surface area contributed by atoms with Crippen LogP contribution in [0.4, 0.5) is 0 Å². The molecule has 4 N–H and O–H groups in total. The number of hydrogen-bond donors (Lipinski definition) is 4. The van der Waals surface area contributed by atoms with E-state index in [0.29, 0.717) is 0 Å². The quantitative estimate of drug-likeness (QED) is 0.471. The van der Waals surface area contributed by atoms with Gasteiger partial charge in [0, 0.05) is 0 Å². The SMILES string of the molecule is CC(C)(C)O[C@H]1OC(CO)[C@@H](O)[C@H](O)C1O. The molecule has 1 aliphatic rings. The van der Waals surface area contributed by atoms with Crippen molar-refractivity contribution in [1.82, 2.24) is 0 Å². The van der Waals surface area contributed by atoms with Crippen molar-refractivity contribution < 1.29 is 29.9 Å². The standard InChI is InChI=1S/C10H20O6/c1-10(2,3)16-9-8(14)7(13)6(12)5(4-11)15-9/h5-9,11-14H,4H2,1-3H3/t5?,6-,7+,8?,9-/m1/s1. The van der Waals surface area contributed by atoms with Gasteiger partial charge in [-0.3, -0.25) is 0 Å². The average Bonchev–Trinajstić information content (AvgIpc) is 2.17. The number of ether oxygens (including phenoxy) is 2. The largest absolute Gasteiger partial charge is 0.394 e. The molecule has 16 heavy (non-hydrogen) atoms. The van der Waals surface area contributed by atoms with E-state index in [4.69, 9.17) is 14.6 Å². The summed E-state index contributed by atoms with van der Waals surface area (Å²) in [5, 5.41) is 37.6. The van der Waals surface area contributed by atoms with E-state index in [-0.39, 0.29) is 0 Å². The predicted octanol–water partition coefficient (Wildman–Crippen LogP) is -1.40. The monoisotopic (exact) mass is 236 g/mol. The van der Waals surface area contributed by atoms with Crippen LogP contribution in [0.15, 0.2) is 0 Å². The van der Waals surface area contributed by atoms with Crippen molar-refractivity contribution in [3.8, 4) is 0 Å². The van der Waals surface area contributed by atoms with Crippen LogP contribution < -0.4 is 0 Å². The lowest BCUT2D eigenvalue weighted by molar-refractivity contribution is -0.320. The Bertz CT molecular complexity index is 224. The molecule has 0 amide bonds. The van der Waals surface area contributed by atoms with Crippen LogP contribution in [0, 0.1) is 0 Å². The van der Waals surface area contributed by atoms with Gasteiger partial charge in [-0.2, -0.15) is 0 Å². The van der Waals surface area contributed by atoms with E-state index in [0.717, 1.165) is 0 Å². The minimum absolute atomic E-state index is 0.449. The highest BCUT2D eigenvalue weighted by atomic mass is 16.7. The number of rotatable bonds is 2. The van der Waals surface area contributed by atoms with E-state index in [1.807, 2.05) is 0 Å². The van der Waals surface area contributed by atoms with Gasteiger partial charge in [0.1, 0.15) is 24.4 Å². The zero-order valence-electron chi connectivity index (χ0n) is 9.70. The number of hydrogen-bond acceptors (Lipinski definition) is 6. The molecular formula is C10H20O6. The van der Waals surface area contributed by atoms with E-state index in [1.165, 1.54) is 0 Å². The molecular weight excluding hydrogens is 216 g/mol. The molecule has 0 aromatic rings. The van der Waals surface area contributed by atoms with Crippen molar-refractivity contribution in [2.24, 2.45) is 0 Å². The van der Waals surface area contributed by atoms with Gasteiger partial charge in [-0.1, -0.05) is 0 Å². The Kier molecular flexibility index (Phi) is 4.28. The Morgan fingerprint density at radius 1 is 1.06 bits per heavy atom. The molecule has 2 unspecified atom stereocenters. The van der Waals surface area contributed by atoms with Crippen LogP contribution in [0.5, 0.6) is 0 Å². The van der Waals surface area contributed by atoms with Crippen molar-refractivity contribution in [2.75, 3.05) is 6.61 Å². The third kappa shape index (κ3) is 3.13. The molecule has 0 aliphatic carbocycles. The summed E-state index contributed by atoms with van der Waals surface area (Å²) in [6.07, 6.45) is -6.06. The Morgan fingerprint density at radius 2 is 1.62 bits per heavy atom. The topological polar surface area (TPSA) is 99.4 Å². The second-order valence-corrected chi connectivity index (χ2v) is 4.93. The fourth-order valence-corrected chi connectivity index (χ4v) is 1.51. The van der Waals surface area contributed by atoms with E-state index >= 15 is 0 Å². The molecule has 0 aromatic carbocycles. The van der Waals surface area contributed by atoms with Crippen LogP contribution in [-0.2, 0) is 9.47 Å². The summed E-state index contributed by atoms with van der Waals surface area (Å²) in [5.41, 5.74) is -0.562. The lowest BCUT2D eigenvalue weighted by atomic mass is 9.99. The van der Waals surface area contributed by atoms with Crippen molar-refractivity contribution in [2.45, 2.75) is 57.1 Å². The molecule has 96 valence electrons. The summed E-state index contributed by atoms with van der Waals surface area (Å²) < 4.78 is 10.6. The van der Waals surface area contributed by atoms with Gasteiger partial charge in [0.2, 0.25) is 0 Å². The Morgan fingerprint density at radius 3 is 2.06 bits per heavy atom. The van der Waals surface area contributed by atoms with Gasteiger partial charge in [-0.15, -0.1) is 0 Å². The lowest BCUT2D eigenvalue weighted by Gasteiger charge is -2.41. The minimum Gasteiger partial charge on any atom is -0.394 e. The maximum absolute atomic E-state index is 9.64. The molecule has 1 heterocycles. The van der Waals surface area contributed by atoms with E-state index in [9.17, 15) is 15.3 Å². The molecule has 6 nitrogen and oxygen atoms in total. The predicted molar refractivity (Wildman–Crippen MR) is 54.6 cm³/mol. The van der Waals surface area contributed by atoms with Gasteiger partial charge in [-0.05, 0) is 20.8 Å². The highest BCUT2D eigenvalue weighted by Crippen LogP contribution is 2.25. The third-order valence-corrected chi connectivity index (χ3v) is 2.32. The fraction of sp³-hybridized carbons (Fsp3) is 1.00. The molecule has 5 atom stereocenters. The zero-order chi connectivity index (χ0) is 12.5. The first kappa shape index (κ1) is 13.8. The van der Waals surface area contributed by atoms with Gasteiger partial charge in [0.25, 0.3) is 0 Å². The third-order valence-electron chi connectivity index (χ3n) is 2.32. The second kappa shape index (κ2) is 4.95. The first-order valence-electron chi connectivity index (χ1n) is 5.24. The molecule has 6 heteroatoms. The minimum atomic E-state index is -1.39. The van der Waals surface area contributed by atoms with Crippen molar-refractivity contribution in [1.29, 1.82) is 0 Å². The van der Waals surface area contributed by atoms with Crippen molar-refractivity contribution >= 4 is 0 Å². The second-order valence-electron chi connectivity index (χ2n) is 4.93. The molecule has 0 radical (unpaired) electrons. The zero-order valence-corrected chi connectivity index (χ0v) is 9.70. The molecule has 0 spiro atoms. The maximum atomic E-state index is 9.64. The molecule has 1 aliphatic heterocycles. The highest BCUT2D eigenvalue weighted by Gasteiger charge is 2.45. The Labute approximate surface area is 94.4 Å². The number of aliphatic hydroxyl groups is 4. The van der Waals surface area contributed by atoms with Gasteiger partial charge in [0.15, 0.2) is 6.29 Å². The molecule has 1 saturated heterocycles.